The van der Waals surface area contributed by atoms with Crippen LogP contribution >= 0.6 is 11.6 Å². The van der Waals surface area contributed by atoms with Crippen molar-refractivity contribution in [3.05, 3.63) is 22.2 Å². The molecular formula is C9H9ClN2O3. The van der Waals surface area contributed by atoms with E-state index in [-0.39, 0.29) is 17.1 Å². The van der Waals surface area contributed by atoms with Gasteiger partial charge in [0.05, 0.1) is 25.5 Å². The maximum Gasteiger partial charge on any atom is 0.376 e. The van der Waals surface area contributed by atoms with E-state index in [1.807, 2.05) is 6.92 Å². The Balaban J connectivity index is 2.49. The quantitative estimate of drug-likeness (QED) is 0.539. The van der Waals surface area contributed by atoms with Crippen molar-refractivity contribution in [1.29, 1.82) is 0 Å². The lowest BCUT2D eigenvalue weighted by Gasteiger charge is -2.05. The second-order valence-electron chi connectivity index (χ2n) is 3.14. The van der Waals surface area contributed by atoms with E-state index in [1.54, 1.807) is 0 Å². The van der Waals surface area contributed by atoms with E-state index in [1.165, 1.54) is 7.11 Å². The van der Waals surface area contributed by atoms with E-state index < -0.39 is 5.97 Å². The molecule has 0 amide bonds. The number of ether oxygens (including phenoxy) is 2. The zero-order valence-corrected chi connectivity index (χ0v) is 9.04. The standard InChI is InChI=1S/C9H9ClN2O3/c1-4-6-5(3-15-4)11-8(9(13)14-2)12-7(6)10/h4H,3H2,1-2H3. The number of nitrogens with zero attached hydrogens (tertiary/aromatic N) is 2. The number of fused-ring (bicyclic) bond motifs is 1. The first-order chi connectivity index (χ1) is 7.13. The van der Waals surface area contributed by atoms with Crippen LogP contribution < -0.4 is 0 Å². The molecule has 1 aliphatic heterocycles. The van der Waals surface area contributed by atoms with E-state index in [2.05, 4.69) is 14.7 Å². The monoisotopic (exact) mass is 228 g/mol. The van der Waals surface area contributed by atoms with Gasteiger partial charge in [0, 0.05) is 5.56 Å². The van der Waals surface area contributed by atoms with Crippen molar-refractivity contribution in [2.24, 2.45) is 0 Å². The highest BCUT2D eigenvalue weighted by Gasteiger charge is 2.27. The van der Waals surface area contributed by atoms with Gasteiger partial charge in [-0.05, 0) is 6.92 Å². The maximum absolute atomic E-state index is 11.2. The van der Waals surface area contributed by atoms with Crippen molar-refractivity contribution in [2.75, 3.05) is 7.11 Å². The summed E-state index contributed by atoms with van der Waals surface area (Å²) < 4.78 is 9.85. The van der Waals surface area contributed by atoms with E-state index in [0.717, 1.165) is 5.56 Å². The van der Waals surface area contributed by atoms with Crippen molar-refractivity contribution >= 4 is 17.6 Å². The summed E-state index contributed by atoms with van der Waals surface area (Å²) in [6, 6.07) is 0. The van der Waals surface area contributed by atoms with Gasteiger partial charge in [-0.25, -0.2) is 14.8 Å². The summed E-state index contributed by atoms with van der Waals surface area (Å²) in [5.74, 6) is -0.627. The number of halogens is 1. The van der Waals surface area contributed by atoms with Crippen molar-refractivity contribution in [3.8, 4) is 0 Å². The normalized spacial score (nSPS) is 18.7. The van der Waals surface area contributed by atoms with E-state index in [0.29, 0.717) is 12.3 Å². The van der Waals surface area contributed by atoms with Crippen LogP contribution in [0.25, 0.3) is 0 Å². The summed E-state index contributed by atoms with van der Waals surface area (Å²) in [7, 11) is 1.27. The summed E-state index contributed by atoms with van der Waals surface area (Å²) in [6.45, 7) is 2.21. The highest BCUT2D eigenvalue weighted by molar-refractivity contribution is 6.30. The van der Waals surface area contributed by atoms with Crippen LogP contribution in [0.4, 0.5) is 0 Å². The third-order valence-corrected chi connectivity index (χ3v) is 2.51. The predicted molar refractivity (Wildman–Crippen MR) is 51.6 cm³/mol. The average molecular weight is 229 g/mol. The third-order valence-electron chi connectivity index (χ3n) is 2.22. The minimum atomic E-state index is -0.598. The lowest BCUT2D eigenvalue weighted by atomic mass is 10.2. The molecule has 6 heteroatoms. The molecule has 15 heavy (non-hydrogen) atoms. The van der Waals surface area contributed by atoms with Gasteiger partial charge in [-0.3, -0.25) is 0 Å². The van der Waals surface area contributed by atoms with Gasteiger partial charge in [0.2, 0.25) is 5.82 Å². The Hall–Kier alpha value is -1.20. The molecule has 0 bridgehead atoms. The molecule has 2 rings (SSSR count). The van der Waals surface area contributed by atoms with Crippen LogP contribution in [0.2, 0.25) is 5.15 Å². The molecule has 0 radical (unpaired) electrons. The highest BCUT2D eigenvalue weighted by Crippen LogP contribution is 2.33. The largest absolute Gasteiger partial charge is 0.463 e. The fourth-order valence-corrected chi connectivity index (χ4v) is 1.81. The van der Waals surface area contributed by atoms with Gasteiger partial charge in [-0.1, -0.05) is 11.6 Å². The number of esters is 1. The second kappa shape index (κ2) is 3.75. The Labute approximate surface area is 91.4 Å². The molecule has 0 aromatic carbocycles. The van der Waals surface area contributed by atoms with Crippen LogP contribution in [0.3, 0.4) is 0 Å². The second-order valence-corrected chi connectivity index (χ2v) is 3.50. The summed E-state index contributed by atoms with van der Waals surface area (Å²) in [5.41, 5.74) is 1.41. The predicted octanol–water partition coefficient (Wildman–Crippen LogP) is 1.51. The first-order valence-corrected chi connectivity index (χ1v) is 4.77. The fraction of sp³-hybridized carbons (Fsp3) is 0.444. The van der Waals surface area contributed by atoms with Crippen molar-refractivity contribution in [1.82, 2.24) is 9.97 Å². The summed E-state index contributed by atoms with van der Waals surface area (Å²) >= 11 is 5.93. The van der Waals surface area contributed by atoms with Gasteiger partial charge in [0.15, 0.2) is 0 Å². The minimum Gasteiger partial charge on any atom is -0.463 e. The highest BCUT2D eigenvalue weighted by atomic mass is 35.5. The Bertz CT molecular complexity index is 422. The summed E-state index contributed by atoms with van der Waals surface area (Å²) in [5, 5.41) is 0.255. The molecule has 1 aliphatic rings. The van der Waals surface area contributed by atoms with Gasteiger partial charge >= 0.3 is 5.97 Å². The van der Waals surface area contributed by atoms with Gasteiger partial charge < -0.3 is 9.47 Å². The van der Waals surface area contributed by atoms with E-state index in [4.69, 9.17) is 16.3 Å². The first-order valence-electron chi connectivity index (χ1n) is 4.39. The molecule has 1 aromatic rings. The smallest absolute Gasteiger partial charge is 0.376 e. The third kappa shape index (κ3) is 1.68. The summed E-state index contributed by atoms with van der Waals surface area (Å²) in [4.78, 5) is 19.1. The minimum absolute atomic E-state index is 0.0287. The summed E-state index contributed by atoms with van der Waals surface area (Å²) in [6.07, 6.45) is -0.126. The first kappa shape index (κ1) is 10.3. The van der Waals surface area contributed by atoms with Crippen LogP contribution in [-0.2, 0) is 16.1 Å². The molecule has 1 atom stereocenters. The molecule has 0 spiro atoms. The number of carbonyl (C=O) groups excluding carboxylic acids is 1. The molecule has 80 valence electrons. The van der Waals surface area contributed by atoms with Crippen molar-refractivity contribution in [2.45, 2.75) is 19.6 Å². The van der Waals surface area contributed by atoms with Crippen LogP contribution in [0, 0.1) is 0 Å². The molecular weight excluding hydrogens is 220 g/mol. The van der Waals surface area contributed by atoms with Crippen LogP contribution in [-0.4, -0.2) is 23.0 Å². The van der Waals surface area contributed by atoms with Crippen LogP contribution in [0.15, 0.2) is 0 Å². The SMILES string of the molecule is COC(=O)c1nc(Cl)c2c(n1)COC2C. The van der Waals surface area contributed by atoms with Crippen LogP contribution in [0.5, 0.6) is 0 Å². The lowest BCUT2D eigenvalue weighted by molar-refractivity contribution is 0.0586. The molecule has 0 saturated heterocycles. The maximum atomic E-state index is 11.2. The zero-order chi connectivity index (χ0) is 11.0. The molecule has 1 aromatic heterocycles. The van der Waals surface area contributed by atoms with Gasteiger partial charge in [0.25, 0.3) is 0 Å². The molecule has 2 heterocycles. The lowest BCUT2D eigenvalue weighted by Crippen LogP contribution is -2.10. The molecule has 1 unspecified atom stereocenters. The molecule has 0 fully saturated rings. The molecule has 0 N–H and O–H groups in total. The Morgan fingerprint density at radius 3 is 3.00 bits per heavy atom. The number of hydrogen-bond donors (Lipinski definition) is 0. The Morgan fingerprint density at radius 1 is 1.60 bits per heavy atom. The van der Waals surface area contributed by atoms with Gasteiger partial charge in [0.1, 0.15) is 5.15 Å². The number of hydrogen-bond acceptors (Lipinski definition) is 5. The average Bonchev–Trinajstić information content (AvgIpc) is 2.59. The Kier molecular flexibility index (Phi) is 2.58. The topological polar surface area (TPSA) is 61.3 Å². The van der Waals surface area contributed by atoms with Gasteiger partial charge in [-0.15, -0.1) is 0 Å². The molecule has 0 aliphatic carbocycles. The van der Waals surface area contributed by atoms with Crippen molar-refractivity contribution in [3.63, 3.8) is 0 Å². The number of aromatic nitrogens is 2. The fourth-order valence-electron chi connectivity index (χ4n) is 1.47. The number of carbonyl (C=O) groups is 1. The van der Waals surface area contributed by atoms with Crippen LogP contribution in [0.1, 0.15) is 34.9 Å². The molecule has 5 nitrogen and oxygen atoms in total. The number of rotatable bonds is 1. The zero-order valence-electron chi connectivity index (χ0n) is 8.28. The van der Waals surface area contributed by atoms with E-state index >= 15 is 0 Å². The number of methoxy groups -OCH3 is 1. The Morgan fingerprint density at radius 2 is 2.33 bits per heavy atom. The van der Waals surface area contributed by atoms with Crippen molar-refractivity contribution < 1.29 is 14.3 Å². The van der Waals surface area contributed by atoms with E-state index in [9.17, 15) is 4.79 Å². The van der Waals surface area contributed by atoms with Gasteiger partial charge in [-0.2, -0.15) is 0 Å². The molecule has 0 saturated carbocycles.